The number of carbonyl (C=O) groups is 1. The second kappa shape index (κ2) is 5.90. The largest absolute Gasteiger partial charge is 0.347 e. The van der Waals surface area contributed by atoms with Crippen LogP contribution in [-0.4, -0.2) is 20.7 Å². The molecule has 2 rings (SSSR count). The second-order valence-electron chi connectivity index (χ2n) is 3.92. The molecule has 0 aliphatic carbocycles. The van der Waals surface area contributed by atoms with E-state index < -0.39 is 0 Å². The van der Waals surface area contributed by atoms with E-state index in [0.29, 0.717) is 13.1 Å². The van der Waals surface area contributed by atoms with E-state index >= 15 is 0 Å². The fourth-order valence-corrected chi connectivity index (χ4v) is 1.57. The van der Waals surface area contributed by atoms with Gasteiger partial charge >= 0.3 is 0 Å². The molecule has 2 aromatic heterocycles. The van der Waals surface area contributed by atoms with Crippen LogP contribution in [0.3, 0.4) is 0 Å². The van der Waals surface area contributed by atoms with E-state index in [1.165, 1.54) is 16.8 Å². The number of hydrogen-bond acceptors (Lipinski definition) is 4. The molecule has 0 fully saturated rings. The molecule has 0 saturated carbocycles. The van der Waals surface area contributed by atoms with Crippen molar-refractivity contribution in [3.63, 3.8) is 0 Å². The van der Waals surface area contributed by atoms with Crippen LogP contribution >= 0.6 is 0 Å². The molecule has 0 aromatic carbocycles. The van der Waals surface area contributed by atoms with E-state index in [4.69, 9.17) is 0 Å². The Balaban J connectivity index is 2.06. The molecule has 0 spiro atoms. The Kier molecular flexibility index (Phi) is 4.02. The summed E-state index contributed by atoms with van der Waals surface area (Å²) < 4.78 is 1.25. The van der Waals surface area contributed by atoms with Crippen LogP contribution in [0.25, 0.3) is 0 Å². The van der Waals surface area contributed by atoms with Gasteiger partial charge in [0, 0.05) is 31.5 Å². The summed E-state index contributed by atoms with van der Waals surface area (Å²) in [6.45, 7) is 2.61. The summed E-state index contributed by atoms with van der Waals surface area (Å²) >= 11 is 0. The average molecular weight is 258 g/mol. The molecule has 6 nitrogen and oxygen atoms in total. The minimum atomic E-state index is -0.314. The van der Waals surface area contributed by atoms with Gasteiger partial charge < -0.3 is 5.32 Å². The monoisotopic (exact) mass is 258 g/mol. The highest BCUT2D eigenvalue weighted by Gasteiger charge is 2.08. The van der Waals surface area contributed by atoms with Crippen LogP contribution < -0.4 is 10.9 Å². The maximum absolute atomic E-state index is 11.9. The smallest absolute Gasteiger partial charge is 0.271 e. The van der Waals surface area contributed by atoms with Crippen LogP contribution in [0.15, 0.2) is 41.5 Å². The number of nitrogens with zero attached hydrogens (tertiary/aromatic N) is 3. The first-order valence-corrected chi connectivity index (χ1v) is 5.96. The van der Waals surface area contributed by atoms with Crippen molar-refractivity contribution in [3.05, 3.63) is 58.3 Å². The standard InChI is InChI=1S/C13H14N4O2/c1-2-17-12(18)6-5-11(16-17)13(19)15-9-10-4-3-7-14-8-10/h3-8H,2,9H2,1H3,(H,15,19). The van der Waals surface area contributed by atoms with Gasteiger partial charge in [0.05, 0.1) is 0 Å². The van der Waals surface area contributed by atoms with E-state index in [1.54, 1.807) is 25.4 Å². The number of aryl methyl sites for hydroxylation is 1. The number of pyridine rings is 1. The third kappa shape index (κ3) is 3.25. The quantitative estimate of drug-likeness (QED) is 0.870. The van der Waals surface area contributed by atoms with Gasteiger partial charge in [0.1, 0.15) is 5.69 Å². The Bertz CT molecular complexity index is 622. The Morgan fingerprint density at radius 2 is 2.21 bits per heavy atom. The normalized spacial score (nSPS) is 10.2. The molecular formula is C13H14N4O2. The molecule has 0 bridgehead atoms. The van der Waals surface area contributed by atoms with Crippen LogP contribution in [0.2, 0.25) is 0 Å². The Hall–Kier alpha value is -2.50. The van der Waals surface area contributed by atoms with Crippen LogP contribution in [0.5, 0.6) is 0 Å². The molecule has 6 heteroatoms. The van der Waals surface area contributed by atoms with Gasteiger partial charge in [-0.05, 0) is 24.6 Å². The zero-order valence-electron chi connectivity index (χ0n) is 10.5. The first-order chi connectivity index (χ1) is 9.20. The van der Waals surface area contributed by atoms with Gasteiger partial charge in [-0.25, -0.2) is 4.68 Å². The number of rotatable bonds is 4. The Labute approximate surface area is 110 Å². The van der Waals surface area contributed by atoms with Gasteiger partial charge in [0.25, 0.3) is 11.5 Å². The fraction of sp³-hybridized carbons (Fsp3) is 0.231. The molecule has 0 unspecified atom stereocenters. The zero-order valence-corrected chi connectivity index (χ0v) is 10.5. The van der Waals surface area contributed by atoms with Crippen molar-refractivity contribution in [2.24, 2.45) is 0 Å². The SMILES string of the molecule is CCn1nc(C(=O)NCc2cccnc2)ccc1=O. The number of hydrogen-bond donors (Lipinski definition) is 1. The molecule has 2 heterocycles. The lowest BCUT2D eigenvalue weighted by molar-refractivity contribution is 0.0943. The van der Waals surface area contributed by atoms with E-state index in [0.717, 1.165) is 5.56 Å². The lowest BCUT2D eigenvalue weighted by Crippen LogP contribution is -2.29. The topological polar surface area (TPSA) is 76.9 Å². The minimum absolute atomic E-state index is 0.216. The van der Waals surface area contributed by atoms with Gasteiger partial charge in [-0.2, -0.15) is 5.10 Å². The predicted octanol–water partition coefficient (Wildman–Crippen LogP) is 0.588. The molecule has 0 aliphatic heterocycles. The fourth-order valence-electron chi connectivity index (χ4n) is 1.57. The summed E-state index contributed by atoms with van der Waals surface area (Å²) in [5.41, 5.74) is 0.913. The first-order valence-electron chi connectivity index (χ1n) is 5.96. The van der Waals surface area contributed by atoms with Gasteiger partial charge in [0.15, 0.2) is 0 Å². The predicted molar refractivity (Wildman–Crippen MR) is 69.6 cm³/mol. The lowest BCUT2D eigenvalue weighted by Gasteiger charge is -2.06. The maximum Gasteiger partial charge on any atom is 0.271 e. The van der Waals surface area contributed by atoms with Gasteiger partial charge in [-0.3, -0.25) is 14.6 Å². The summed E-state index contributed by atoms with van der Waals surface area (Å²) in [7, 11) is 0. The highest BCUT2D eigenvalue weighted by molar-refractivity contribution is 5.91. The van der Waals surface area contributed by atoms with Gasteiger partial charge in [-0.15, -0.1) is 0 Å². The molecule has 1 amide bonds. The van der Waals surface area contributed by atoms with Crippen LogP contribution in [0.1, 0.15) is 23.0 Å². The van der Waals surface area contributed by atoms with Crippen molar-refractivity contribution in [1.29, 1.82) is 0 Å². The van der Waals surface area contributed by atoms with Crippen molar-refractivity contribution >= 4 is 5.91 Å². The summed E-state index contributed by atoms with van der Waals surface area (Å²) in [5, 5.41) is 6.71. The second-order valence-corrected chi connectivity index (χ2v) is 3.92. The number of amides is 1. The molecule has 0 atom stereocenters. The van der Waals surface area contributed by atoms with Crippen molar-refractivity contribution in [1.82, 2.24) is 20.1 Å². The van der Waals surface area contributed by atoms with E-state index in [9.17, 15) is 9.59 Å². The zero-order chi connectivity index (χ0) is 13.7. The van der Waals surface area contributed by atoms with E-state index in [-0.39, 0.29) is 17.2 Å². The highest BCUT2D eigenvalue weighted by atomic mass is 16.2. The number of aromatic nitrogens is 3. The van der Waals surface area contributed by atoms with Gasteiger partial charge in [-0.1, -0.05) is 6.07 Å². The van der Waals surface area contributed by atoms with E-state index in [1.807, 2.05) is 6.07 Å². The average Bonchev–Trinajstić information content (AvgIpc) is 2.46. The molecule has 0 aliphatic rings. The number of carbonyl (C=O) groups excluding carboxylic acids is 1. The summed E-state index contributed by atoms with van der Waals surface area (Å²) in [6.07, 6.45) is 3.35. The van der Waals surface area contributed by atoms with Crippen molar-refractivity contribution in [2.75, 3.05) is 0 Å². The van der Waals surface area contributed by atoms with E-state index in [2.05, 4.69) is 15.4 Å². The molecule has 19 heavy (non-hydrogen) atoms. The number of nitrogens with one attached hydrogen (secondary N) is 1. The summed E-state index contributed by atoms with van der Waals surface area (Å²) in [4.78, 5) is 27.2. The lowest BCUT2D eigenvalue weighted by atomic mass is 10.3. The molecular weight excluding hydrogens is 244 g/mol. The third-order valence-corrected chi connectivity index (χ3v) is 2.57. The third-order valence-electron chi connectivity index (χ3n) is 2.57. The Morgan fingerprint density at radius 1 is 1.37 bits per heavy atom. The van der Waals surface area contributed by atoms with Crippen molar-refractivity contribution < 1.29 is 4.79 Å². The highest BCUT2D eigenvalue weighted by Crippen LogP contribution is 1.96. The van der Waals surface area contributed by atoms with Crippen molar-refractivity contribution in [2.45, 2.75) is 20.0 Å². The maximum atomic E-state index is 11.9. The molecule has 1 N–H and O–H groups in total. The van der Waals surface area contributed by atoms with Crippen molar-refractivity contribution in [3.8, 4) is 0 Å². The molecule has 2 aromatic rings. The Morgan fingerprint density at radius 3 is 2.89 bits per heavy atom. The molecule has 98 valence electrons. The van der Waals surface area contributed by atoms with Gasteiger partial charge in [0.2, 0.25) is 0 Å². The molecule has 0 saturated heterocycles. The van der Waals surface area contributed by atoms with Crippen LogP contribution in [0.4, 0.5) is 0 Å². The summed E-state index contributed by atoms with van der Waals surface area (Å²) in [5.74, 6) is -0.314. The molecule has 0 radical (unpaired) electrons. The summed E-state index contributed by atoms with van der Waals surface area (Å²) in [6, 6.07) is 6.44. The van der Waals surface area contributed by atoms with Crippen LogP contribution in [0, 0.1) is 0 Å². The first kappa shape index (κ1) is 12.9. The van der Waals surface area contributed by atoms with Crippen LogP contribution in [-0.2, 0) is 13.1 Å². The minimum Gasteiger partial charge on any atom is -0.347 e.